The number of halogens is 4. The van der Waals surface area contributed by atoms with Gasteiger partial charge in [0.2, 0.25) is 5.91 Å². The van der Waals surface area contributed by atoms with Crippen molar-refractivity contribution in [2.75, 3.05) is 71.9 Å². The van der Waals surface area contributed by atoms with Gasteiger partial charge in [0.05, 0.1) is 22.6 Å². The van der Waals surface area contributed by atoms with E-state index < -0.39 is 0 Å². The quantitative estimate of drug-likeness (QED) is 0.212. The standard InChI is InChI=1S/C22H26BrCl2N3O.C13H19BrN2/c1-26(18-9-10-19(24)20(25)13-18)15-22(29)27(2)21(14-28-11-3-4-12-28)16-5-7-17(23)8-6-16;1-15-13(10-16-8-2-3-9-16)11-4-6-12(14)7-5-11/h5-10,13,21H,3-4,11-12,14-15H2,1-2H3;4-7,13,15H,2-3,8-10H2,1H3. The predicted octanol–water partition coefficient (Wildman–Crippen LogP) is 8.29. The van der Waals surface area contributed by atoms with Crippen LogP contribution in [0.3, 0.4) is 0 Å². The van der Waals surface area contributed by atoms with Gasteiger partial charge < -0.3 is 24.9 Å². The molecule has 2 aliphatic rings. The Morgan fingerprint density at radius 2 is 1.29 bits per heavy atom. The third-order valence-corrected chi connectivity index (χ3v) is 10.5. The van der Waals surface area contributed by atoms with E-state index in [2.05, 4.69) is 83.4 Å². The average Bonchev–Trinajstić information content (AvgIpc) is 3.76. The summed E-state index contributed by atoms with van der Waals surface area (Å²) in [7, 11) is 5.83. The van der Waals surface area contributed by atoms with Gasteiger partial charge in [-0.25, -0.2) is 0 Å². The molecule has 0 aliphatic carbocycles. The van der Waals surface area contributed by atoms with E-state index >= 15 is 0 Å². The first-order valence-corrected chi connectivity index (χ1v) is 18.0. The summed E-state index contributed by atoms with van der Waals surface area (Å²) >= 11 is 19.1. The minimum Gasteiger partial charge on any atom is -0.365 e. The molecular formula is C35H45Br2Cl2N5O. The molecule has 5 rings (SSSR count). The van der Waals surface area contributed by atoms with Crippen LogP contribution >= 0.6 is 55.1 Å². The largest absolute Gasteiger partial charge is 0.365 e. The topological polar surface area (TPSA) is 42.1 Å². The Bertz CT molecular complexity index is 1350. The first-order chi connectivity index (χ1) is 21.6. The van der Waals surface area contributed by atoms with Gasteiger partial charge in [-0.1, -0.05) is 79.3 Å². The van der Waals surface area contributed by atoms with E-state index in [-0.39, 0.29) is 18.5 Å². The van der Waals surface area contributed by atoms with Crippen molar-refractivity contribution < 1.29 is 4.79 Å². The van der Waals surface area contributed by atoms with Crippen LogP contribution in [0, 0.1) is 0 Å². The second-order valence-electron chi connectivity index (χ2n) is 11.9. The molecule has 1 amide bonds. The Morgan fingerprint density at radius 3 is 1.80 bits per heavy atom. The van der Waals surface area contributed by atoms with E-state index in [1.165, 1.54) is 44.3 Å². The summed E-state index contributed by atoms with van der Waals surface area (Å²) in [6.07, 6.45) is 5.17. The molecule has 3 aromatic rings. The smallest absolute Gasteiger partial charge is 0.242 e. The van der Waals surface area contributed by atoms with Gasteiger partial charge in [-0.15, -0.1) is 0 Å². The molecule has 0 spiro atoms. The summed E-state index contributed by atoms with van der Waals surface area (Å²) in [4.78, 5) is 21.9. The molecule has 2 saturated heterocycles. The molecule has 0 radical (unpaired) electrons. The predicted molar refractivity (Wildman–Crippen MR) is 197 cm³/mol. The van der Waals surface area contributed by atoms with Crippen LogP contribution < -0.4 is 10.2 Å². The highest BCUT2D eigenvalue weighted by Gasteiger charge is 2.26. The molecule has 0 saturated carbocycles. The summed E-state index contributed by atoms with van der Waals surface area (Å²) in [6, 6.07) is 22.7. The van der Waals surface area contributed by atoms with Crippen molar-refractivity contribution in [2.45, 2.75) is 37.8 Å². The van der Waals surface area contributed by atoms with Crippen molar-refractivity contribution in [1.82, 2.24) is 20.0 Å². The van der Waals surface area contributed by atoms with Gasteiger partial charge in [-0.2, -0.15) is 0 Å². The summed E-state index contributed by atoms with van der Waals surface area (Å²) < 4.78 is 2.18. The lowest BCUT2D eigenvalue weighted by Crippen LogP contribution is -2.42. The van der Waals surface area contributed by atoms with Crippen LogP contribution in [0.4, 0.5) is 5.69 Å². The van der Waals surface area contributed by atoms with Gasteiger partial charge in [0.25, 0.3) is 0 Å². The second-order valence-corrected chi connectivity index (χ2v) is 14.6. The number of likely N-dealkylation sites (tertiary alicyclic amines) is 2. The zero-order valence-corrected chi connectivity index (χ0v) is 31.2. The maximum absolute atomic E-state index is 13.1. The van der Waals surface area contributed by atoms with Gasteiger partial charge in [0.1, 0.15) is 0 Å². The van der Waals surface area contributed by atoms with Crippen molar-refractivity contribution in [1.29, 1.82) is 0 Å². The molecule has 10 heteroatoms. The van der Waals surface area contributed by atoms with Gasteiger partial charge in [-0.05, 0) is 113 Å². The number of amides is 1. The highest BCUT2D eigenvalue weighted by Crippen LogP contribution is 2.28. The number of rotatable bonds is 11. The fraction of sp³-hybridized carbons (Fsp3) is 0.457. The molecule has 1 N–H and O–H groups in total. The number of hydrogen-bond acceptors (Lipinski definition) is 5. The van der Waals surface area contributed by atoms with Crippen LogP contribution in [-0.2, 0) is 4.79 Å². The molecule has 0 aromatic heterocycles. The SMILES string of the molecule is CN(CC(=O)N(C)C(CN1CCCC1)c1ccc(Br)cc1)c1ccc(Cl)c(Cl)c1.CNC(CN1CCCC1)c1ccc(Br)cc1. The second kappa shape index (κ2) is 18.0. The normalized spacial score (nSPS) is 16.6. The molecule has 2 atom stereocenters. The third-order valence-electron chi connectivity index (χ3n) is 8.72. The number of likely N-dealkylation sites (N-methyl/N-ethyl adjacent to an activating group) is 3. The number of benzene rings is 3. The zero-order valence-electron chi connectivity index (χ0n) is 26.5. The molecule has 3 aromatic carbocycles. The molecule has 2 fully saturated rings. The molecule has 6 nitrogen and oxygen atoms in total. The van der Waals surface area contributed by atoms with E-state index in [9.17, 15) is 4.79 Å². The van der Waals surface area contributed by atoms with Crippen LogP contribution in [0.2, 0.25) is 10.0 Å². The first-order valence-electron chi connectivity index (χ1n) is 15.7. The molecule has 2 aliphatic heterocycles. The summed E-state index contributed by atoms with van der Waals surface area (Å²) in [5, 5.41) is 4.40. The van der Waals surface area contributed by atoms with E-state index in [0.717, 1.165) is 46.4 Å². The molecule has 244 valence electrons. The number of nitrogens with one attached hydrogen (secondary N) is 1. The monoisotopic (exact) mass is 779 g/mol. The van der Waals surface area contributed by atoms with Gasteiger partial charge >= 0.3 is 0 Å². The zero-order chi connectivity index (χ0) is 32.3. The third kappa shape index (κ3) is 11.0. The first kappa shape index (κ1) is 36.2. The fourth-order valence-corrected chi connectivity index (χ4v) is 6.75. The summed E-state index contributed by atoms with van der Waals surface area (Å²) in [5.41, 5.74) is 3.38. The lowest BCUT2D eigenvalue weighted by Gasteiger charge is -2.33. The van der Waals surface area contributed by atoms with Crippen LogP contribution in [-0.4, -0.2) is 87.6 Å². The molecule has 0 bridgehead atoms. The van der Waals surface area contributed by atoms with Gasteiger partial charge in [0.15, 0.2) is 0 Å². The average molecular weight is 782 g/mol. The van der Waals surface area contributed by atoms with Crippen molar-refractivity contribution in [3.63, 3.8) is 0 Å². The van der Waals surface area contributed by atoms with E-state index in [0.29, 0.717) is 16.1 Å². The molecule has 45 heavy (non-hydrogen) atoms. The van der Waals surface area contributed by atoms with E-state index in [4.69, 9.17) is 23.2 Å². The maximum Gasteiger partial charge on any atom is 0.242 e. The number of hydrogen-bond donors (Lipinski definition) is 1. The van der Waals surface area contributed by atoms with Crippen molar-refractivity contribution >= 4 is 66.7 Å². The Hall–Kier alpha value is -1.65. The fourth-order valence-electron chi connectivity index (χ4n) is 5.93. The van der Waals surface area contributed by atoms with E-state index in [1.54, 1.807) is 12.1 Å². The number of anilines is 1. The minimum absolute atomic E-state index is 0.0101. The van der Waals surface area contributed by atoms with Crippen molar-refractivity contribution in [3.05, 3.63) is 96.8 Å². The number of carbonyl (C=O) groups is 1. The highest BCUT2D eigenvalue weighted by molar-refractivity contribution is 9.10. The highest BCUT2D eigenvalue weighted by atomic mass is 79.9. The number of carbonyl (C=O) groups excluding carboxylic acids is 1. The minimum atomic E-state index is 0.0101. The van der Waals surface area contributed by atoms with E-state index in [1.807, 2.05) is 49.1 Å². The summed E-state index contributed by atoms with van der Waals surface area (Å²) in [5.74, 6) is 0.0608. The Balaban J connectivity index is 0.000000242. The van der Waals surface area contributed by atoms with Crippen LogP contribution in [0.1, 0.15) is 48.9 Å². The van der Waals surface area contributed by atoms with Crippen LogP contribution in [0.15, 0.2) is 75.7 Å². The number of nitrogens with zero attached hydrogens (tertiary/aromatic N) is 4. The van der Waals surface area contributed by atoms with Gasteiger partial charge in [-0.3, -0.25) is 4.79 Å². The Kier molecular flexibility index (Phi) is 14.5. The van der Waals surface area contributed by atoms with Gasteiger partial charge in [0, 0.05) is 47.9 Å². The van der Waals surface area contributed by atoms with Crippen LogP contribution in [0.25, 0.3) is 0 Å². The Morgan fingerprint density at radius 1 is 0.778 bits per heavy atom. The lowest BCUT2D eigenvalue weighted by atomic mass is 10.0. The van der Waals surface area contributed by atoms with Crippen LogP contribution in [0.5, 0.6) is 0 Å². The molecular weight excluding hydrogens is 737 g/mol. The lowest BCUT2D eigenvalue weighted by molar-refractivity contribution is -0.131. The summed E-state index contributed by atoms with van der Waals surface area (Å²) in [6.45, 7) is 6.94. The van der Waals surface area contributed by atoms with Crippen molar-refractivity contribution in [3.8, 4) is 0 Å². The van der Waals surface area contributed by atoms with Crippen molar-refractivity contribution in [2.24, 2.45) is 0 Å². The maximum atomic E-state index is 13.1. The molecule has 2 heterocycles. The molecule has 2 unspecified atom stereocenters. The Labute approximate surface area is 296 Å².